The van der Waals surface area contributed by atoms with Crippen molar-refractivity contribution in [2.75, 3.05) is 25.1 Å². The van der Waals surface area contributed by atoms with Crippen molar-refractivity contribution in [2.45, 2.75) is 52.2 Å². The first kappa shape index (κ1) is 20.0. The number of carbonyl (C=O) groups excluding carboxylic acids is 1. The van der Waals surface area contributed by atoms with Crippen molar-refractivity contribution in [3.8, 4) is 0 Å². The van der Waals surface area contributed by atoms with Crippen LogP contribution in [0.2, 0.25) is 0 Å². The summed E-state index contributed by atoms with van der Waals surface area (Å²) in [6.45, 7) is 10.0. The number of hydrogen-bond acceptors (Lipinski definition) is 6. The van der Waals surface area contributed by atoms with E-state index in [4.69, 9.17) is 10.2 Å². The molecule has 0 radical (unpaired) electrons. The van der Waals surface area contributed by atoms with Gasteiger partial charge in [0, 0.05) is 25.2 Å². The minimum absolute atomic E-state index is 0.218. The van der Waals surface area contributed by atoms with Crippen LogP contribution >= 0.6 is 11.8 Å². The summed E-state index contributed by atoms with van der Waals surface area (Å²) in [6, 6.07) is 0.626. The highest BCUT2D eigenvalue weighted by Crippen LogP contribution is 2.15. The normalized spacial score (nSPS) is 13.1. The van der Waals surface area contributed by atoms with Gasteiger partial charge in [0.1, 0.15) is 6.26 Å². The summed E-state index contributed by atoms with van der Waals surface area (Å²) in [5.41, 5.74) is 6.28. The van der Waals surface area contributed by atoms with Crippen molar-refractivity contribution < 1.29 is 9.21 Å². The lowest BCUT2D eigenvalue weighted by molar-refractivity contribution is 0.0934. The second-order valence-corrected chi connectivity index (χ2v) is 7.13. The van der Waals surface area contributed by atoms with Gasteiger partial charge >= 0.3 is 0 Å². The van der Waals surface area contributed by atoms with Crippen LogP contribution in [0.15, 0.2) is 10.7 Å². The van der Waals surface area contributed by atoms with Gasteiger partial charge in [-0.25, -0.2) is 4.98 Å². The van der Waals surface area contributed by atoms with Gasteiger partial charge in [0.15, 0.2) is 5.69 Å². The SMILES string of the molecule is CSCCC(N)c1nc(C(=O)NCCN(C(C)C)C(C)C)co1. The Bertz CT molecular complexity index is 468. The molecule has 1 unspecified atom stereocenters. The van der Waals surface area contributed by atoms with Gasteiger partial charge in [-0.2, -0.15) is 11.8 Å². The zero-order valence-corrected chi connectivity index (χ0v) is 15.7. The molecule has 0 aromatic carbocycles. The highest BCUT2D eigenvalue weighted by molar-refractivity contribution is 7.98. The first-order valence-electron chi connectivity index (χ1n) is 8.10. The second kappa shape index (κ2) is 9.95. The quantitative estimate of drug-likeness (QED) is 0.678. The fraction of sp³-hybridized carbons (Fsp3) is 0.750. The zero-order chi connectivity index (χ0) is 17.4. The molecule has 132 valence electrons. The maximum Gasteiger partial charge on any atom is 0.273 e. The second-order valence-electron chi connectivity index (χ2n) is 6.14. The van der Waals surface area contributed by atoms with Gasteiger partial charge in [-0.05, 0) is 46.1 Å². The topological polar surface area (TPSA) is 84.4 Å². The number of thioether (sulfide) groups is 1. The Morgan fingerprint density at radius 3 is 2.61 bits per heavy atom. The van der Waals surface area contributed by atoms with Crippen molar-refractivity contribution in [2.24, 2.45) is 5.73 Å². The zero-order valence-electron chi connectivity index (χ0n) is 14.8. The average molecular weight is 343 g/mol. The summed E-state index contributed by atoms with van der Waals surface area (Å²) in [7, 11) is 0. The van der Waals surface area contributed by atoms with E-state index < -0.39 is 0 Å². The van der Waals surface area contributed by atoms with E-state index in [1.165, 1.54) is 6.26 Å². The van der Waals surface area contributed by atoms with Crippen LogP contribution in [-0.4, -0.2) is 53.0 Å². The summed E-state index contributed by atoms with van der Waals surface area (Å²) < 4.78 is 5.33. The van der Waals surface area contributed by atoms with E-state index in [1.807, 2.05) is 6.26 Å². The number of nitrogens with one attached hydrogen (secondary N) is 1. The summed E-state index contributed by atoms with van der Waals surface area (Å²) in [5, 5.41) is 2.89. The number of oxazole rings is 1. The number of amides is 1. The van der Waals surface area contributed by atoms with Crippen LogP contribution in [0.5, 0.6) is 0 Å². The van der Waals surface area contributed by atoms with Crippen LogP contribution in [-0.2, 0) is 0 Å². The smallest absolute Gasteiger partial charge is 0.273 e. The van der Waals surface area contributed by atoms with Gasteiger partial charge in [0.2, 0.25) is 5.89 Å². The van der Waals surface area contributed by atoms with Gasteiger partial charge in [0.25, 0.3) is 5.91 Å². The predicted molar refractivity (Wildman–Crippen MR) is 95.7 cm³/mol. The molecule has 7 heteroatoms. The lowest BCUT2D eigenvalue weighted by Crippen LogP contribution is -2.42. The molecule has 0 bridgehead atoms. The standard InChI is InChI=1S/C16H30N4O2S/c1-11(2)20(12(3)4)8-7-18-15(21)14-10-22-16(19-14)13(17)6-9-23-5/h10-13H,6-9,17H2,1-5H3,(H,18,21). The molecule has 1 aromatic heterocycles. The van der Waals surface area contributed by atoms with Gasteiger partial charge in [-0.3, -0.25) is 9.69 Å². The van der Waals surface area contributed by atoms with Gasteiger partial charge in [-0.1, -0.05) is 0 Å². The van der Waals surface area contributed by atoms with E-state index >= 15 is 0 Å². The van der Waals surface area contributed by atoms with Gasteiger partial charge < -0.3 is 15.5 Å². The van der Waals surface area contributed by atoms with Crippen LogP contribution in [0.4, 0.5) is 0 Å². The maximum absolute atomic E-state index is 12.1. The van der Waals surface area contributed by atoms with Gasteiger partial charge in [0.05, 0.1) is 6.04 Å². The van der Waals surface area contributed by atoms with E-state index in [9.17, 15) is 4.79 Å². The molecule has 0 aliphatic carbocycles. The molecule has 1 atom stereocenters. The van der Waals surface area contributed by atoms with Gasteiger partial charge in [-0.15, -0.1) is 0 Å². The first-order valence-corrected chi connectivity index (χ1v) is 9.50. The Morgan fingerprint density at radius 1 is 1.39 bits per heavy atom. The van der Waals surface area contributed by atoms with E-state index in [0.29, 0.717) is 30.2 Å². The van der Waals surface area contributed by atoms with Crippen LogP contribution in [0.3, 0.4) is 0 Å². The van der Waals surface area contributed by atoms with Crippen molar-refractivity contribution in [1.29, 1.82) is 0 Å². The molecule has 0 aliphatic heterocycles. The summed E-state index contributed by atoms with van der Waals surface area (Å²) in [6.07, 6.45) is 4.19. The number of carbonyl (C=O) groups is 1. The number of hydrogen-bond donors (Lipinski definition) is 2. The first-order chi connectivity index (χ1) is 10.9. The molecular weight excluding hydrogens is 312 g/mol. The van der Waals surface area contributed by atoms with Crippen molar-refractivity contribution in [3.63, 3.8) is 0 Å². The van der Waals surface area contributed by atoms with E-state index in [1.54, 1.807) is 11.8 Å². The summed E-state index contributed by atoms with van der Waals surface area (Å²) in [4.78, 5) is 18.6. The molecule has 0 fully saturated rings. The van der Waals surface area contributed by atoms with E-state index in [-0.39, 0.29) is 11.9 Å². The van der Waals surface area contributed by atoms with Crippen LogP contribution in [0, 0.1) is 0 Å². The molecule has 1 rings (SSSR count). The third-order valence-electron chi connectivity index (χ3n) is 3.69. The molecule has 0 saturated carbocycles. The Hall–Kier alpha value is -1.05. The number of nitrogens with zero attached hydrogens (tertiary/aromatic N) is 2. The molecule has 0 saturated heterocycles. The van der Waals surface area contributed by atoms with Crippen LogP contribution in [0.1, 0.15) is 56.5 Å². The summed E-state index contributed by atoms with van der Waals surface area (Å²) >= 11 is 1.72. The predicted octanol–water partition coefficient (Wildman–Crippen LogP) is 2.28. The largest absolute Gasteiger partial charge is 0.446 e. The average Bonchev–Trinajstić information content (AvgIpc) is 2.98. The number of aromatic nitrogens is 1. The molecular formula is C16H30N4O2S. The third-order valence-corrected chi connectivity index (χ3v) is 4.33. The minimum Gasteiger partial charge on any atom is -0.446 e. The van der Waals surface area contributed by atoms with Crippen LogP contribution < -0.4 is 11.1 Å². The molecule has 1 amide bonds. The van der Waals surface area contributed by atoms with Crippen molar-refractivity contribution in [3.05, 3.63) is 17.8 Å². The third kappa shape index (κ3) is 6.53. The molecule has 1 heterocycles. The fourth-order valence-corrected chi connectivity index (χ4v) is 2.92. The Labute approximate surface area is 143 Å². The molecule has 3 N–H and O–H groups in total. The van der Waals surface area contributed by atoms with Crippen LogP contribution in [0.25, 0.3) is 0 Å². The lowest BCUT2D eigenvalue weighted by atomic mass is 10.2. The molecule has 1 aromatic rings. The van der Waals surface area contributed by atoms with E-state index in [0.717, 1.165) is 18.7 Å². The molecule has 0 aliphatic rings. The molecule has 6 nitrogen and oxygen atoms in total. The minimum atomic E-state index is -0.263. The Balaban J connectivity index is 2.48. The highest BCUT2D eigenvalue weighted by Gasteiger charge is 2.17. The Kier molecular flexibility index (Phi) is 8.65. The fourth-order valence-electron chi connectivity index (χ4n) is 2.43. The number of rotatable bonds is 10. The van der Waals surface area contributed by atoms with Crippen molar-refractivity contribution >= 4 is 17.7 Å². The van der Waals surface area contributed by atoms with E-state index in [2.05, 4.69) is 42.9 Å². The molecule has 0 spiro atoms. The highest BCUT2D eigenvalue weighted by atomic mass is 32.2. The summed E-state index contributed by atoms with van der Waals surface area (Å²) in [5.74, 6) is 1.14. The lowest BCUT2D eigenvalue weighted by Gasteiger charge is -2.30. The monoisotopic (exact) mass is 342 g/mol. The maximum atomic E-state index is 12.1. The Morgan fingerprint density at radius 2 is 2.04 bits per heavy atom. The molecule has 23 heavy (non-hydrogen) atoms. The number of nitrogens with two attached hydrogens (primary N) is 1. The van der Waals surface area contributed by atoms with Crippen molar-refractivity contribution in [1.82, 2.24) is 15.2 Å².